The number of hydrogen-bond acceptors (Lipinski definition) is 5. The van der Waals surface area contributed by atoms with Gasteiger partial charge in [0.1, 0.15) is 0 Å². The topological polar surface area (TPSA) is 69.7 Å². The molecule has 1 aliphatic heterocycles. The lowest BCUT2D eigenvalue weighted by Gasteiger charge is -2.54. The summed E-state index contributed by atoms with van der Waals surface area (Å²) in [6.45, 7) is 13.0. The Hall–Kier alpha value is -0.210. The van der Waals surface area contributed by atoms with E-state index < -0.39 is 10.4 Å². The van der Waals surface area contributed by atoms with Crippen LogP contribution in [0.1, 0.15) is 40.0 Å². The second-order valence-corrected chi connectivity index (χ2v) is 10.1. The molecule has 2 bridgehead atoms. The van der Waals surface area contributed by atoms with E-state index in [2.05, 4.69) is 51.0 Å². The van der Waals surface area contributed by atoms with Crippen LogP contribution in [0.5, 0.6) is 0 Å². The molecule has 0 amide bonds. The summed E-state index contributed by atoms with van der Waals surface area (Å²) in [4.78, 5) is 2.32. The molecule has 0 aromatic heterocycles. The zero-order valence-corrected chi connectivity index (χ0v) is 17.3. The minimum Gasteiger partial charge on any atom is -0.726 e. The van der Waals surface area contributed by atoms with E-state index in [1.165, 1.54) is 49.9 Å². The lowest BCUT2D eigenvalue weighted by molar-refractivity contribution is -0.926. The third-order valence-corrected chi connectivity index (χ3v) is 6.93. The maximum absolute atomic E-state index is 9.22. The van der Waals surface area contributed by atoms with Crippen LogP contribution in [-0.4, -0.2) is 76.8 Å². The highest BCUT2D eigenvalue weighted by Gasteiger charge is 2.59. The molecule has 24 heavy (non-hydrogen) atoms. The van der Waals surface area contributed by atoms with Gasteiger partial charge in [-0.15, -0.1) is 0 Å². The summed E-state index contributed by atoms with van der Waals surface area (Å²) in [5, 5.41) is 0. The highest BCUT2D eigenvalue weighted by atomic mass is 32.3. The van der Waals surface area contributed by atoms with Crippen LogP contribution in [0.15, 0.2) is 0 Å². The van der Waals surface area contributed by atoms with E-state index in [0.29, 0.717) is 10.8 Å². The van der Waals surface area contributed by atoms with Gasteiger partial charge >= 0.3 is 0 Å². The van der Waals surface area contributed by atoms with E-state index in [9.17, 15) is 13.0 Å². The van der Waals surface area contributed by atoms with E-state index in [1.807, 2.05) is 0 Å². The summed E-state index contributed by atoms with van der Waals surface area (Å²) < 4.78 is 32.3. The van der Waals surface area contributed by atoms with Crippen LogP contribution in [0, 0.1) is 16.7 Å². The Morgan fingerprint density at radius 1 is 1.29 bits per heavy atom. The van der Waals surface area contributed by atoms with E-state index >= 15 is 0 Å². The maximum atomic E-state index is 9.22. The molecule has 0 aromatic rings. The van der Waals surface area contributed by atoms with E-state index in [4.69, 9.17) is 0 Å². The summed E-state index contributed by atoms with van der Waals surface area (Å²) in [6, 6.07) is 0. The summed E-state index contributed by atoms with van der Waals surface area (Å²) in [5.41, 5.74) is 1.13. The van der Waals surface area contributed by atoms with Crippen molar-refractivity contribution in [2.45, 2.75) is 40.0 Å². The van der Waals surface area contributed by atoms with Crippen LogP contribution in [0.3, 0.4) is 0 Å². The molecule has 6 nitrogen and oxygen atoms in total. The molecule has 2 aliphatic rings. The number of nitrogens with zero attached hydrogens (tertiary/aromatic N) is 2. The number of likely N-dealkylation sites (tertiary alicyclic amines) is 1. The predicted octanol–water partition coefficient (Wildman–Crippen LogP) is 1.93. The Balaban J connectivity index is 0.000000413. The molecule has 2 fully saturated rings. The first-order valence-electron chi connectivity index (χ1n) is 8.74. The molecule has 7 heteroatoms. The SMILES string of the molecule is CN(C)CCC[N+]1(C)CC2CCC(C)(C1)C2(C)C.COS(=O)(=O)[O-]. The fourth-order valence-electron chi connectivity index (χ4n) is 4.65. The minimum atomic E-state index is -4.41. The zero-order chi connectivity index (χ0) is 18.8. The first-order chi connectivity index (χ1) is 10.7. The van der Waals surface area contributed by atoms with Crippen molar-refractivity contribution in [1.82, 2.24) is 4.90 Å². The van der Waals surface area contributed by atoms with Gasteiger partial charge in [-0.1, -0.05) is 20.8 Å². The molecular weight excluding hydrogens is 328 g/mol. The lowest BCUT2D eigenvalue weighted by Crippen LogP contribution is -2.61. The van der Waals surface area contributed by atoms with Crippen LogP contribution in [0.4, 0.5) is 0 Å². The second kappa shape index (κ2) is 7.58. The molecule has 3 atom stereocenters. The highest BCUT2D eigenvalue weighted by molar-refractivity contribution is 7.80. The number of quaternary nitrogens is 1. The Morgan fingerprint density at radius 2 is 1.83 bits per heavy atom. The van der Waals surface area contributed by atoms with Crippen LogP contribution in [0.25, 0.3) is 0 Å². The Labute approximate surface area is 148 Å². The average molecular weight is 365 g/mol. The van der Waals surface area contributed by atoms with E-state index in [1.54, 1.807) is 0 Å². The molecule has 0 radical (unpaired) electrons. The molecule has 1 saturated heterocycles. The molecule has 2 rings (SSSR count). The van der Waals surface area contributed by atoms with Gasteiger partial charge in [0.05, 0.1) is 33.8 Å². The minimum absolute atomic E-state index is 0.562. The molecule has 0 spiro atoms. The number of hydrogen-bond donors (Lipinski definition) is 0. The van der Waals surface area contributed by atoms with Crippen molar-refractivity contribution >= 4 is 10.4 Å². The second-order valence-electron chi connectivity index (χ2n) is 8.93. The molecule has 3 unspecified atom stereocenters. The Morgan fingerprint density at radius 3 is 2.25 bits per heavy atom. The summed E-state index contributed by atoms with van der Waals surface area (Å²) >= 11 is 0. The van der Waals surface area contributed by atoms with Gasteiger partial charge in [-0.2, -0.15) is 0 Å². The van der Waals surface area contributed by atoms with Crippen molar-refractivity contribution in [2.24, 2.45) is 16.7 Å². The average Bonchev–Trinajstić information content (AvgIpc) is 2.56. The van der Waals surface area contributed by atoms with E-state index in [-0.39, 0.29) is 0 Å². The first-order valence-corrected chi connectivity index (χ1v) is 10.1. The van der Waals surface area contributed by atoms with Gasteiger partial charge in [0.25, 0.3) is 0 Å². The van der Waals surface area contributed by atoms with E-state index in [0.717, 1.165) is 13.0 Å². The highest BCUT2D eigenvalue weighted by Crippen LogP contribution is 2.60. The van der Waals surface area contributed by atoms with Gasteiger partial charge < -0.3 is 13.9 Å². The summed E-state index contributed by atoms with van der Waals surface area (Å²) in [7, 11) is 3.27. The van der Waals surface area contributed by atoms with Crippen molar-refractivity contribution in [3.63, 3.8) is 0 Å². The van der Waals surface area contributed by atoms with Gasteiger partial charge in [0, 0.05) is 24.3 Å². The molecule has 1 saturated carbocycles. The number of fused-ring (bicyclic) bond motifs is 2. The van der Waals surface area contributed by atoms with Gasteiger partial charge in [0.15, 0.2) is 0 Å². The predicted molar refractivity (Wildman–Crippen MR) is 95.3 cm³/mol. The lowest BCUT2D eigenvalue weighted by atomic mass is 9.62. The number of rotatable bonds is 5. The molecule has 1 heterocycles. The van der Waals surface area contributed by atoms with Crippen LogP contribution in [-0.2, 0) is 14.6 Å². The largest absolute Gasteiger partial charge is 0.726 e. The normalized spacial score (nSPS) is 34.8. The Kier molecular flexibility index (Phi) is 6.89. The molecular formula is C17H36N2O4S. The van der Waals surface area contributed by atoms with Crippen LogP contribution >= 0.6 is 0 Å². The van der Waals surface area contributed by atoms with Gasteiger partial charge in [-0.3, -0.25) is 4.18 Å². The molecule has 0 aromatic carbocycles. The molecule has 0 N–H and O–H groups in total. The number of piperidine rings is 1. The third-order valence-electron chi connectivity index (χ3n) is 6.52. The van der Waals surface area contributed by atoms with Crippen LogP contribution < -0.4 is 0 Å². The maximum Gasteiger partial charge on any atom is 0.217 e. The standard InChI is InChI=1S/C16H33N2.CH4O4S/c1-15(2)14-8-9-16(15,3)13-18(6,12-14)11-7-10-17(4)5;1-5-6(2,3)4/h14H,7-13H2,1-6H3;1H3,(H,2,3,4)/q+1;/p-1. The first kappa shape index (κ1) is 21.8. The van der Waals surface area contributed by atoms with Crippen molar-refractivity contribution < 1.29 is 21.6 Å². The summed E-state index contributed by atoms with van der Waals surface area (Å²) in [6.07, 6.45) is 4.25. The van der Waals surface area contributed by atoms with Crippen LogP contribution in [0.2, 0.25) is 0 Å². The van der Waals surface area contributed by atoms with Crippen molar-refractivity contribution in [2.75, 3.05) is 54.4 Å². The monoisotopic (exact) mass is 364 g/mol. The zero-order valence-electron chi connectivity index (χ0n) is 16.5. The molecule has 1 aliphatic carbocycles. The smallest absolute Gasteiger partial charge is 0.217 e. The fourth-order valence-corrected chi connectivity index (χ4v) is 4.65. The third kappa shape index (κ3) is 5.39. The molecule has 144 valence electrons. The van der Waals surface area contributed by atoms with Crippen molar-refractivity contribution in [3.05, 3.63) is 0 Å². The van der Waals surface area contributed by atoms with Gasteiger partial charge in [0.2, 0.25) is 10.4 Å². The fraction of sp³-hybridized carbons (Fsp3) is 1.00. The Bertz CT molecular complexity index is 521. The van der Waals surface area contributed by atoms with Gasteiger partial charge in [-0.05, 0) is 32.4 Å². The quantitative estimate of drug-likeness (QED) is 0.423. The van der Waals surface area contributed by atoms with Gasteiger partial charge in [-0.25, -0.2) is 8.42 Å². The summed E-state index contributed by atoms with van der Waals surface area (Å²) in [5.74, 6) is 0.945. The van der Waals surface area contributed by atoms with Crippen molar-refractivity contribution in [3.8, 4) is 0 Å². The van der Waals surface area contributed by atoms with Crippen molar-refractivity contribution in [1.29, 1.82) is 0 Å².